The molecule has 1 aliphatic heterocycles. The van der Waals surface area contributed by atoms with Crippen molar-refractivity contribution >= 4 is 15.9 Å². The lowest BCUT2D eigenvalue weighted by molar-refractivity contribution is -0.121. The summed E-state index contributed by atoms with van der Waals surface area (Å²) in [7, 11) is -0.372. The van der Waals surface area contributed by atoms with Gasteiger partial charge in [0.25, 0.3) is 0 Å². The highest BCUT2D eigenvalue weighted by Gasteiger charge is 2.34. The molecular weight excluding hydrogens is 320 g/mol. The number of phenols is 1. The van der Waals surface area contributed by atoms with E-state index in [1.807, 2.05) is 0 Å². The van der Waals surface area contributed by atoms with Gasteiger partial charge in [0, 0.05) is 20.0 Å². The molecule has 1 aromatic carbocycles. The molecule has 0 unspecified atom stereocenters. The van der Waals surface area contributed by atoms with Crippen LogP contribution in [0.2, 0.25) is 0 Å². The van der Waals surface area contributed by atoms with Crippen molar-refractivity contribution < 1.29 is 23.1 Å². The van der Waals surface area contributed by atoms with Crippen LogP contribution in [-0.2, 0) is 26.0 Å². The predicted molar refractivity (Wildman–Crippen MR) is 85.5 cm³/mol. The van der Waals surface area contributed by atoms with Gasteiger partial charge in [-0.3, -0.25) is 4.79 Å². The van der Waals surface area contributed by atoms with Crippen LogP contribution in [-0.4, -0.2) is 62.8 Å². The van der Waals surface area contributed by atoms with E-state index in [4.69, 9.17) is 4.74 Å². The van der Waals surface area contributed by atoms with Gasteiger partial charge >= 0.3 is 0 Å². The topological polar surface area (TPSA) is 95.9 Å². The van der Waals surface area contributed by atoms with Crippen molar-refractivity contribution in [3.8, 4) is 5.75 Å². The van der Waals surface area contributed by atoms with Crippen LogP contribution in [0.3, 0.4) is 0 Å². The Hall–Kier alpha value is -1.64. The maximum Gasteiger partial charge on any atom is 0.224 e. The first kappa shape index (κ1) is 17.7. The van der Waals surface area contributed by atoms with Gasteiger partial charge in [-0.05, 0) is 17.7 Å². The molecule has 0 aromatic heterocycles. The van der Waals surface area contributed by atoms with Crippen LogP contribution in [0, 0.1) is 5.92 Å². The second-order valence-electron chi connectivity index (χ2n) is 5.88. The monoisotopic (exact) mass is 342 g/mol. The van der Waals surface area contributed by atoms with Crippen molar-refractivity contribution in [1.29, 1.82) is 0 Å². The van der Waals surface area contributed by atoms with Crippen LogP contribution in [0.5, 0.6) is 5.75 Å². The number of hydrogen-bond donors (Lipinski definition) is 2. The van der Waals surface area contributed by atoms with Gasteiger partial charge in [-0.25, -0.2) is 12.7 Å². The molecule has 1 heterocycles. The van der Waals surface area contributed by atoms with Crippen LogP contribution in [0.15, 0.2) is 24.3 Å². The van der Waals surface area contributed by atoms with Gasteiger partial charge in [-0.1, -0.05) is 12.1 Å². The quantitative estimate of drug-likeness (QED) is 0.756. The molecular formula is C15H22N2O5S. The SMILES string of the molecule is CN(C)S(=O)(=O)C[C@@H]1COC[C@@H]1NC(=O)Cc1cccc(O)c1. The second-order valence-corrected chi connectivity index (χ2v) is 8.11. The first-order chi connectivity index (χ1) is 10.8. The Morgan fingerprint density at radius 2 is 2.13 bits per heavy atom. The standard InChI is InChI=1S/C15H22N2O5S/c1-17(2)23(20,21)10-12-8-22-9-14(12)16-15(19)7-11-4-3-5-13(18)6-11/h3-6,12,14,18H,7-10H2,1-2H3,(H,16,19)/t12-,14-/m0/s1. The van der Waals surface area contributed by atoms with Gasteiger partial charge in [-0.2, -0.15) is 0 Å². The van der Waals surface area contributed by atoms with Crippen molar-refractivity contribution in [2.24, 2.45) is 5.92 Å². The number of rotatable bonds is 6. The average molecular weight is 342 g/mol. The summed E-state index contributed by atoms with van der Waals surface area (Å²) in [6.07, 6.45) is 0.123. The highest BCUT2D eigenvalue weighted by Crippen LogP contribution is 2.18. The average Bonchev–Trinajstić information content (AvgIpc) is 2.84. The summed E-state index contributed by atoms with van der Waals surface area (Å²) < 4.78 is 30.5. The highest BCUT2D eigenvalue weighted by molar-refractivity contribution is 7.89. The minimum atomic E-state index is -3.35. The number of nitrogens with one attached hydrogen (secondary N) is 1. The first-order valence-corrected chi connectivity index (χ1v) is 8.94. The van der Waals surface area contributed by atoms with Gasteiger partial charge < -0.3 is 15.2 Å². The van der Waals surface area contributed by atoms with Crippen LogP contribution in [0.25, 0.3) is 0 Å². The number of carbonyl (C=O) groups excluding carboxylic acids is 1. The number of carbonyl (C=O) groups is 1. The molecule has 0 saturated carbocycles. The molecule has 0 bridgehead atoms. The Labute approximate surface area is 136 Å². The summed E-state index contributed by atoms with van der Waals surface area (Å²) >= 11 is 0. The number of phenolic OH excluding ortho intramolecular Hbond substituents is 1. The van der Waals surface area contributed by atoms with E-state index in [9.17, 15) is 18.3 Å². The van der Waals surface area contributed by atoms with Crippen molar-refractivity contribution in [3.63, 3.8) is 0 Å². The van der Waals surface area contributed by atoms with Crippen molar-refractivity contribution in [2.45, 2.75) is 12.5 Å². The maximum absolute atomic E-state index is 12.1. The van der Waals surface area contributed by atoms with Crippen LogP contribution < -0.4 is 5.32 Å². The molecule has 0 spiro atoms. The summed E-state index contributed by atoms with van der Waals surface area (Å²) in [5.74, 6) is -0.444. The summed E-state index contributed by atoms with van der Waals surface area (Å²) in [5.41, 5.74) is 0.693. The maximum atomic E-state index is 12.1. The Morgan fingerprint density at radius 3 is 2.78 bits per heavy atom. The van der Waals surface area contributed by atoms with Gasteiger partial charge in [0.15, 0.2) is 0 Å². The summed E-state index contributed by atoms with van der Waals surface area (Å²) in [6.45, 7) is 0.615. The van der Waals surface area contributed by atoms with Gasteiger partial charge in [0.1, 0.15) is 5.75 Å². The fourth-order valence-corrected chi connectivity index (χ4v) is 3.62. The Morgan fingerprint density at radius 1 is 1.39 bits per heavy atom. The minimum absolute atomic E-state index is 0.0585. The third-order valence-corrected chi connectivity index (χ3v) is 5.76. The number of aromatic hydroxyl groups is 1. The van der Waals surface area contributed by atoms with E-state index in [0.29, 0.717) is 18.8 Å². The van der Waals surface area contributed by atoms with Gasteiger partial charge in [-0.15, -0.1) is 0 Å². The van der Waals surface area contributed by atoms with E-state index < -0.39 is 10.0 Å². The first-order valence-electron chi connectivity index (χ1n) is 7.33. The van der Waals surface area contributed by atoms with E-state index >= 15 is 0 Å². The third kappa shape index (κ3) is 4.92. The predicted octanol–water partition coefficient (Wildman–Crippen LogP) is -0.0427. The number of benzene rings is 1. The van der Waals surface area contributed by atoms with Crippen molar-refractivity contribution in [1.82, 2.24) is 9.62 Å². The molecule has 2 rings (SSSR count). The fraction of sp³-hybridized carbons (Fsp3) is 0.533. The molecule has 23 heavy (non-hydrogen) atoms. The van der Waals surface area contributed by atoms with Crippen molar-refractivity contribution in [3.05, 3.63) is 29.8 Å². The number of sulfonamides is 1. The Bertz CT molecular complexity index is 660. The van der Waals surface area contributed by atoms with E-state index in [0.717, 1.165) is 0 Å². The molecule has 1 fully saturated rings. The second kappa shape index (κ2) is 7.29. The molecule has 1 aliphatic rings. The third-order valence-electron chi connectivity index (χ3n) is 3.80. The number of ether oxygens (including phenoxy) is 1. The fourth-order valence-electron chi connectivity index (χ4n) is 2.45. The lowest BCUT2D eigenvalue weighted by Gasteiger charge is -2.21. The largest absolute Gasteiger partial charge is 0.508 e. The number of nitrogens with zero attached hydrogens (tertiary/aromatic N) is 1. The lowest BCUT2D eigenvalue weighted by Crippen LogP contribution is -2.44. The summed E-state index contributed by atoms with van der Waals surface area (Å²) in [4.78, 5) is 12.1. The van der Waals surface area contributed by atoms with Gasteiger partial charge in [0.2, 0.25) is 15.9 Å². The molecule has 2 atom stereocenters. The highest BCUT2D eigenvalue weighted by atomic mass is 32.2. The Kier molecular flexibility index (Phi) is 5.61. The zero-order valence-corrected chi connectivity index (χ0v) is 14.0. The smallest absolute Gasteiger partial charge is 0.224 e. The molecule has 0 radical (unpaired) electrons. The molecule has 1 saturated heterocycles. The minimum Gasteiger partial charge on any atom is -0.508 e. The van der Waals surface area contributed by atoms with E-state index in [-0.39, 0.29) is 35.8 Å². The molecule has 128 valence electrons. The van der Waals surface area contributed by atoms with Crippen LogP contribution >= 0.6 is 0 Å². The molecule has 2 N–H and O–H groups in total. The number of amides is 1. The summed E-state index contributed by atoms with van der Waals surface area (Å²) in [5, 5.41) is 12.2. The normalized spacial score (nSPS) is 21.5. The molecule has 1 amide bonds. The molecule has 1 aromatic rings. The van der Waals surface area contributed by atoms with E-state index in [1.165, 1.54) is 30.5 Å². The van der Waals surface area contributed by atoms with E-state index in [1.54, 1.807) is 12.1 Å². The van der Waals surface area contributed by atoms with Crippen LogP contribution in [0.4, 0.5) is 0 Å². The zero-order valence-electron chi connectivity index (χ0n) is 13.2. The van der Waals surface area contributed by atoms with Gasteiger partial charge in [0.05, 0.1) is 31.4 Å². The van der Waals surface area contributed by atoms with Crippen LogP contribution in [0.1, 0.15) is 5.56 Å². The molecule has 7 nitrogen and oxygen atoms in total. The Balaban J connectivity index is 1.94. The zero-order chi connectivity index (χ0) is 17.0. The summed E-state index contributed by atoms with van der Waals surface area (Å²) in [6, 6.07) is 6.16. The van der Waals surface area contributed by atoms with Crippen molar-refractivity contribution in [2.75, 3.05) is 33.1 Å². The molecule has 0 aliphatic carbocycles. The lowest BCUT2D eigenvalue weighted by atomic mass is 10.1. The molecule has 8 heteroatoms. The number of hydrogen-bond acceptors (Lipinski definition) is 5. The van der Waals surface area contributed by atoms with E-state index in [2.05, 4.69) is 5.32 Å².